The minimum absolute atomic E-state index is 0. The molecule has 0 aromatic heterocycles. The summed E-state index contributed by atoms with van der Waals surface area (Å²) >= 11 is 0. The highest BCUT2D eigenvalue weighted by molar-refractivity contribution is 6.09. The second kappa shape index (κ2) is 7.95. The smallest absolute Gasteiger partial charge is 0.325 e. The van der Waals surface area contributed by atoms with Crippen LogP contribution in [0, 0.1) is 17.3 Å². The fraction of sp³-hybridized carbons (Fsp3) is 0.842. The van der Waals surface area contributed by atoms with Gasteiger partial charge in [-0.05, 0) is 55.8 Å². The van der Waals surface area contributed by atoms with Crippen LogP contribution in [0.1, 0.15) is 59.3 Å². The molecule has 1 unspecified atom stereocenters. The molecule has 0 aromatic carbocycles. The van der Waals surface area contributed by atoms with E-state index < -0.39 is 11.6 Å². The summed E-state index contributed by atoms with van der Waals surface area (Å²) in [5.74, 6) is 0.419. The number of nitrogens with one attached hydrogen (secondary N) is 2. The zero-order chi connectivity index (χ0) is 19.1. The maximum absolute atomic E-state index is 12.9. The van der Waals surface area contributed by atoms with Crippen LogP contribution in [0.3, 0.4) is 0 Å². The van der Waals surface area contributed by atoms with Crippen molar-refractivity contribution in [1.29, 1.82) is 0 Å². The Morgan fingerprint density at radius 3 is 2.33 bits per heavy atom. The molecule has 1 spiro atoms. The van der Waals surface area contributed by atoms with Crippen LogP contribution in [0.5, 0.6) is 0 Å². The summed E-state index contributed by atoms with van der Waals surface area (Å²) in [5.41, 5.74) is 5.09. The number of nitrogens with two attached hydrogens (primary N) is 1. The number of amides is 4. The Hall–Kier alpha value is -1.34. The van der Waals surface area contributed by atoms with Crippen molar-refractivity contribution in [3.63, 3.8) is 0 Å². The van der Waals surface area contributed by atoms with Crippen LogP contribution in [0.25, 0.3) is 0 Å². The summed E-state index contributed by atoms with van der Waals surface area (Å²) in [6.07, 6.45) is 5.25. The molecule has 3 aliphatic rings. The molecule has 0 bridgehead atoms. The number of imide groups is 1. The van der Waals surface area contributed by atoms with Gasteiger partial charge in [0.15, 0.2) is 0 Å². The molecule has 2 aliphatic carbocycles. The molecule has 8 heteroatoms. The van der Waals surface area contributed by atoms with Crippen LogP contribution in [0.15, 0.2) is 0 Å². The minimum Gasteiger partial charge on any atom is -0.350 e. The summed E-state index contributed by atoms with van der Waals surface area (Å²) < 4.78 is 0. The second-order valence-electron chi connectivity index (χ2n) is 9.29. The van der Waals surface area contributed by atoms with E-state index in [-0.39, 0.29) is 42.2 Å². The van der Waals surface area contributed by atoms with E-state index in [4.69, 9.17) is 5.73 Å². The van der Waals surface area contributed by atoms with Crippen LogP contribution in [0.2, 0.25) is 0 Å². The maximum atomic E-state index is 12.9. The Morgan fingerprint density at radius 2 is 1.85 bits per heavy atom. The Morgan fingerprint density at radius 1 is 1.26 bits per heavy atom. The molecule has 3 rings (SSSR count). The number of carbonyl (C=O) groups is 3. The second-order valence-corrected chi connectivity index (χ2v) is 9.29. The summed E-state index contributed by atoms with van der Waals surface area (Å²) in [5, 5.41) is 5.76. The molecule has 7 nitrogen and oxygen atoms in total. The van der Waals surface area contributed by atoms with Gasteiger partial charge >= 0.3 is 6.03 Å². The van der Waals surface area contributed by atoms with Crippen molar-refractivity contribution < 1.29 is 14.4 Å². The molecule has 3 fully saturated rings. The predicted octanol–water partition coefficient (Wildman–Crippen LogP) is 1.79. The van der Waals surface area contributed by atoms with E-state index in [1.807, 2.05) is 0 Å². The summed E-state index contributed by atoms with van der Waals surface area (Å²) in [4.78, 5) is 38.7. The first-order valence-corrected chi connectivity index (χ1v) is 9.80. The molecule has 0 radical (unpaired) electrons. The third-order valence-electron chi connectivity index (χ3n) is 6.40. The van der Waals surface area contributed by atoms with Crippen molar-refractivity contribution in [2.75, 3.05) is 13.1 Å². The summed E-state index contributed by atoms with van der Waals surface area (Å²) in [7, 11) is 0. The van der Waals surface area contributed by atoms with Gasteiger partial charge in [0.25, 0.3) is 5.91 Å². The first-order valence-electron chi connectivity index (χ1n) is 9.80. The molecule has 1 saturated heterocycles. The lowest BCUT2D eigenvalue weighted by Crippen LogP contribution is -2.51. The van der Waals surface area contributed by atoms with Crippen molar-refractivity contribution >= 4 is 30.3 Å². The fourth-order valence-electron chi connectivity index (χ4n) is 4.40. The molecule has 1 aliphatic heterocycles. The van der Waals surface area contributed by atoms with Crippen molar-refractivity contribution in [1.82, 2.24) is 15.5 Å². The Bertz CT molecular complexity index is 592. The minimum atomic E-state index is -0.817. The topological polar surface area (TPSA) is 105 Å². The maximum Gasteiger partial charge on any atom is 0.325 e. The molecular formula is C19H33ClN4O3. The Kier molecular flexibility index (Phi) is 6.47. The van der Waals surface area contributed by atoms with Gasteiger partial charge in [-0.25, -0.2) is 4.79 Å². The van der Waals surface area contributed by atoms with E-state index in [0.29, 0.717) is 31.2 Å². The molecule has 2 saturated carbocycles. The number of urea groups is 1. The van der Waals surface area contributed by atoms with Crippen molar-refractivity contribution in [2.24, 2.45) is 23.0 Å². The first-order chi connectivity index (χ1) is 12.2. The van der Waals surface area contributed by atoms with E-state index in [9.17, 15) is 14.4 Å². The summed E-state index contributed by atoms with van der Waals surface area (Å²) in [6.45, 7) is 6.81. The number of carbonyl (C=O) groups excluding carboxylic acids is 3. The van der Waals surface area contributed by atoms with Crippen molar-refractivity contribution in [3.8, 4) is 0 Å². The molecular weight excluding hydrogens is 368 g/mol. The van der Waals surface area contributed by atoms with Gasteiger partial charge in [0.1, 0.15) is 12.1 Å². The molecule has 154 valence electrons. The lowest BCUT2D eigenvalue weighted by Gasteiger charge is -2.40. The number of hydrogen-bond donors (Lipinski definition) is 3. The molecule has 4 N–H and O–H groups in total. The number of hydrogen-bond acceptors (Lipinski definition) is 4. The van der Waals surface area contributed by atoms with E-state index >= 15 is 0 Å². The van der Waals surface area contributed by atoms with Gasteiger partial charge in [0.05, 0.1) is 0 Å². The van der Waals surface area contributed by atoms with Crippen LogP contribution in [-0.4, -0.2) is 47.4 Å². The van der Waals surface area contributed by atoms with E-state index in [1.165, 1.54) is 0 Å². The highest BCUT2D eigenvalue weighted by Crippen LogP contribution is 2.43. The zero-order valence-corrected chi connectivity index (χ0v) is 17.4. The number of halogens is 1. The van der Waals surface area contributed by atoms with Crippen LogP contribution in [0.4, 0.5) is 4.79 Å². The SMILES string of the molecule is CC(C)(C)C1CCC2(CC1)NC(=O)N(CC(=O)NC(CN)C1CC1)C2=O.Cl. The van der Waals surface area contributed by atoms with Crippen LogP contribution >= 0.6 is 12.4 Å². The average molecular weight is 401 g/mol. The van der Waals surface area contributed by atoms with Gasteiger partial charge in [0, 0.05) is 12.6 Å². The third kappa shape index (κ3) is 4.57. The van der Waals surface area contributed by atoms with Gasteiger partial charge in [0.2, 0.25) is 5.91 Å². The molecule has 4 amide bonds. The lowest BCUT2D eigenvalue weighted by atomic mass is 9.67. The molecule has 27 heavy (non-hydrogen) atoms. The average Bonchev–Trinajstić information content (AvgIpc) is 3.38. The molecule has 0 aromatic rings. The van der Waals surface area contributed by atoms with Crippen molar-refractivity contribution in [2.45, 2.75) is 70.9 Å². The first kappa shape index (κ1) is 22.0. The van der Waals surface area contributed by atoms with E-state index in [0.717, 1.165) is 30.6 Å². The normalized spacial score (nSPS) is 29.3. The van der Waals surface area contributed by atoms with E-state index in [2.05, 4.69) is 31.4 Å². The van der Waals surface area contributed by atoms with Gasteiger partial charge in [-0.3, -0.25) is 14.5 Å². The Labute approximate surface area is 167 Å². The largest absolute Gasteiger partial charge is 0.350 e. The van der Waals surface area contributed by atoms with Gasteiger partial charge in [-0.15, -0.1) is 12.4 Å². The third-order valence-corrected chi connectivity index (χ3v) is 6.40. The molecule has 1 atom stereocenters. The van der Waals surface area contributed by atoms with Gasteiger partial charge in [-0.2, -0.15) is 0 Å². The van der Waals surface area contributed by atoms with E-state index in [1.54, 1.807) is 0 Å². The van der Waals surface area contributed by atoms with Gasteiger partial charge < -0.3 is 16.4 Å². The number of rotatable bonds is 5. The summed E-state index contributed by atoms with van der Waals surface area (Å²) in [6, 6.07) is -0.505. The number of nitrogens with zero attached hydrogens (tertiary/aromatic N) is 1. The quantitative estimate of drug-likeness (QED) is 0.612. The predicted molar refractivity (Wildman–Crippen MR) is 105 cm³/mol. The monoisotopic (exact) mass is 400 g/mol. The fourth-order valence-corrected chi connectivity index (χ4v) is 4.40. The van der Waals surface area contributed by atoms with Crippen LogP contribution in [-0.2, 0) is 9.59 Å². The van der Waals surface area contributed by atoms with Crippen LogP contribution < -0.4 is 16.4 Å². The highest BCUT2D eigenvalue weighted by atomic mass is 35.5. The Balaban J connectivity index is 0.00000261. The lowest BCUT2D eigenvalue weighted by molar-refractivity contribution is -0.136. The van der Waals surface area contributed by atoms with Crippen molar-refractivity contribution in [3.05, 3.63) is 0 Å². The van der Waals surface area contributed by atoms with Gasteiger partial charge in [-0.1, -0.05) is 20.8 Å². The highest BCUT2D eigenvalue weighted by Gasteiger charge is 2.53. The zero-order valence-electron chi connectivity index (χ0n) is 16.5. The standard InChI is InChI=1S/C19H32N4O3.ClH/c1-18(2,3)13-6-8-19(9-7-13)16(25)23(17(26)22-19)11-15(24)21-14(10-20)12-4-5-12;/h12-14H,4-11,20H2,1-3H3,(H,21,24)(H,22,26);1H. The molecule has 1 heterocycles.